The number of nitrogens with zero attached hydrogens (tertiary/aromatic N) is 2. The van der Waals surface area contributed by atoms with Crippen LogP contribution in [0.25, 0.3) is 17.0 Å². The van der Waals surface area contributed by atoms with Gasteiger partial charge in [-0.3, -0.25) is 24.4 Å². The van der Waals surface area contributed by atoms with Gasteiger partial charge in [0.2, 0.25) is 5.91 Å². The number of esters is 1. The summed E-state index contributed by atoms with van der Waals surface area (Å²) < 4.78 is 26.2. The molecule has 3 rings (SSSR count). The number of hydrogen-bond donors (Lipinski definition) is 3. The second kappa shape index (κ2) is 16.7. The number of methoxy groups -OCH3 is 1. The van der Waals surface area contributed by atoms with E-state index in [0.29, 0.717) is 26.0 Å². The molecule has 1 saturated heterocycles. The van der Waals surface area contributed by atoms with Crippen molar-refractivity contribution in [3.05, 3.63) is 47.7 Å². The molecule has 0 saturated carbocycles. The minimum atomic E-state index is -1.21. The Kier molecular flexibility index (Phi) is 13.6. The lowest BCUT2D eigenvalue weighted by molar-refractivity contribution is -0.151. The lowest BCUT2D eigenvalue weighted by atomic mass is 10.0. The summed E-state index contributed by atoms with van der Waals surface area (Å²) in [6.45, 7) is 15.9. The van der Waals surface area contributed by atoms with E-state index in [1.54, 1.807) is 6.92 Å². The molecule has 46 heavy (non-hydrogen) atoms. The summed E-state index contributed by atoms with van der Waals surface area (Å²) >= 11 is -1.21. The lowest BCUT2D eigenvalue weighted by Gasteiger charge is -2.34. The fourth-order valence-corrected chi connectivity index (χ4v) is 5.69. The van der Waals surface area contributed by atoms with E-state index < -0.39 is 35.5 Å². The third-order valence-corrected chi connectivity index (χ3v) is 9.39. The Balaban J connectivity index is 1.57. The third-order valence-electron chi connectivity index (χ3n) is 7.71. The first-order valence-electron chi connectivity index (χ1n) is 15.9. The zero-order valence-electron chi connectivity index (χ0n) is 28.6. The Hall–Kier alpha value is -3.03. The van der Waals surface area contributed by atoms with E-state index in [1.165, 1.54) is 12.1 Å². The predicted octanol–water partition coefficient (Wildman–Crippen LogP) is 4.21. The minimum absolute atomic E-state index is 0.00694. The van der Waals surface area contributed by atoms with Crippen molar-refractivity contribution in [2.24, 2.45) is 11.8 Å². The summed E-state index contributed by atoms with van der Waals surface area (Å²) in [5.41, 5.74) is 5.55. The fourth-order valence-electron chi connectivity index (χ4n) is 4.90. The molecule has 6 atom stereocenters. The SMILES string of the molecule is COC(=O)[C@@H]1CCCN(C(=O)C(C)NC(=O)C(OCC(C)/C=C/c2ccc3ccc(C(C)N[S@+]([O-])C(C)(C)C)nc3c2)C(C)C)N1. The summed E-state index contributed by atoms with van der Waals surface area (Å²) in [5.74, 6) is -1.23. The van der Waals surface area contributed by atoms with Crippen LogP contribution in [0.1, 0.15) is 85.5 Å². The van der Waals surface area contributed by atoms with Gasteiger partial charge in [-0.05, 0) is 77.0 Å². The van der Waals surface area contributed by atoms with Crippen LogP contribution in [-0.4, -0.2) is 75.5 Å². The highest BCUT2D eigenvalue weighted by atomic mass is 32.2. The van der Waals surface area contributed by atoms with Gasteiger partial charge in [-0.2, -0.15) is 0 Å². The number of hydrogen-bond acceptors (Lipinski definition) is 9. The van der Waals surface area contributed by atoms with Crippen LogP contribution in [0.5, 0.6) is 0 Å². The maximum absolute atomic E-state index is 13.2. The average Bonchev–Trinajstić information content (AvgIpc) is 3.01. The van der Waals surface area contributed by atoms with Gasteiger partial charge in [0, 0.05) is 23.3 Å². The largest absolute Gasteiger partial charge is 0.598 e. The fraction of sp³-hybridized carbons (Fsp3) is 0.588. The highest BCUT2D eigenvalue weighted by Crippen LogP contribution is 2.22. The number of carbonyl (C=O) groups is 3. The van der Waals surface area contributed by atoms with E-state index in [4.69, 9.17) is 14.5 Å². The molecule has 3 N–H and O–H groups in total. The van der Waals surface area contributed by atoms with Crippen LogP contribution in [0.3, 0.4) is 0 Å². The predicted molar refractivity (Wildman–Crippen MR) is 181 cm³/mol. The van der Waals surface area contributed by atoms with Crippen molar-refractivity contribution in [3.8, 4) is 0 Å². The van der Waals surface area contributed by atoms with Gasteiger partial charge in [-0.15, -0.1) is 4.72 Å². The van der Waals surface area contributed by atoms with Gasteiger partial charge in [0.05, 0.1) is 31.0 Å². The standard InChI is InChI=1S/C34H51N5O6S/c1-21(2)30(31(40)35-24(5)32(41)39-18-10-11-28(37-39)33(42)44-9)45-20-22(3)12-13-25-14-15-26-16-17-27(36-29(26)19-25)23(4)38-46(43)34(6,7)8/h12-17,19,21-24,28,30,37-38H,10-11,18,20H2,1-9H3,(H,35,40)/b13-12+/t22?,23?,24?,28-,30?,46+/m0/s1. The lowest BCUT2D eigenvalue weighted by Crippen LogP contribution is -2.60. The highest BCUT2D eigenvalue weighted by Gasteiger charge is 2.33. The van der Waals surface area contributed by atoms with Crippen molar-refractivity contribution in [2.45, 2.75) is 97.2 Å². The van der Waals surface area contributed by atoms with Crippen molar-refractivity contribution < 1.29 is 28.4 Å². The molecule has 1 fully saturated rings. The number of fused-ring (bicyclic) bond motifs is 1. The molecule has 4 unspecified atom stereocenters. The molecular weight excluding hydrogens is 606 g/mol. The molecule has 2 amide bonds. The number of rotatable bonds is 13. The number of hydrazine groups is 1. The van der Waals surface area contributed by atoms with E-state index in [1.807, 2.05) is 91.0 Å². The van der Waals surface area contributed by atoms with E-state index in [0.717, 1.165) is 22.2 Å². The first kappa shape index (κ1) is 37.4. The molecule has 1 aromatic heterocycles. The summed E-state index contributed by atoms with van der Waals surface area (Å²) in [5, 5.41) is 5.18. The topological polar surface area (TPSA) is 145 Å². The van der Waals surface area contributed by atoms with Gasteiger partial charge in [0.1, 0.15) is 22.9 Å². The van der Waals surface area contributed by atoms with E-state index in [-0.39, 0.29) is 34.4 Å². The monoisotopic (exact) mass is 657 g/mol. The van der Waals surface area contributed by atoms with Crippen LogP contribution in [-0.2, 0) is 35.2 Å². The Morgan fingerprint density at radius 1 is 1.15 bits per heavy atom. The van der Waals surface area contributed by atoms with Crippen molar-refractivity contribution in [1.82, 2.24) is 25.5 Å². The molecular formula is C34H51N5O6S. The van der Waals surface area contributed by atoms with Gasteiger partial charge >= 0.3 is 5.97 Å². The summed E-state index contributed by atoms with van der Waals surface area (Å²) in [4.78, 5) is 42.9. The van der Waals surface area contributed by atoms with Crippen LogP contribution in [0.4, 0.5) is 0 Å². The van der Waals surface area contributed by atoms with Crippen molar-refractivity contribution >= 4 is 46.1 Å². The molecule has 1 aliphatic rings. The van der Waals surface area contributed by atoms with Gasteiger partial charge < -0.3 is 19.3 Å². The quantitative estimate of drug-likeness (QED) is 0.213. The van der Waals surface area contributed by atoms with Crippen molar-refractivity contribution in [1.29, 1.82) is 0 Å². The average molecular weight is 658 g/mol. The number of pyridine rings is 1. The summed E-state index contributed by atoms with van der Waals surface area (Å²) in [7, 11) is 1.31. The first-order chi connectivity index (χ1) is 21.6. The van der Waals surface area contributed by atoms with Crippen molar-refractivity contribution in [3.63, 3.8) is 0 Å². The smallest absolute Gasteiger partial charge is 0.324 e. The summed E-state index contributed by atoms with van der Waals surface area (Å²) in [6.07, 6.45) is 4.52. The maximum atomic E-state index is 13.2. The number of nitrogens with one attached hydrogen (secondary N) is 3. The number of amides is 2. The Labute approximate surface area is 276 Å². The molecule has 254 valence electrons. The summed E-state index contributed by atoms with van der Waals surface area (Å²) in [6, 6.07) is 8.47. The van der Waals surface area contributed by atoms with Crippen LogP contribution >= 0.6 is 0 Å². The van der Waals surface area contributed by atoms with E-state index in [9.17, 15) is 18.9 Å². The zero-order valence-corrected chi connectivity index (χ0v) is 29.4. The van der Waals surface area contributed by atoms with Crippen molar-refractivity contribution in [2.75, 3.05) is 20.3 Å². The second-order valence-corrected chi connectivity index (χ2v) is 15.3. The Morgan fingerprint density at radius 2 is 1.85 bits per heavy atom. The van der Waals surface area contributed by atoms with Gasteiger partial charge in [0.15, 0.2) is 0 Å². The first-order valence-corrected chi connectivity index (χ1v) is 17.1. The number of carbonyl (C=O) groups excluding carboxylic acids is 3. The third kappa shape index (κ3) is 10.5. The molecule has 0 bridgehead atoms. The normalized spacial score (nSPS) is 19.1. The van der Waals surface area contributed by atoms with Gasteiger partial charge in [0.25, 0.3) is 5.91 Å². The van der Waals surface area contributed by atoms with Crippen LogP contribution in [0.2, 0.25) is 0 Å². The molecule has 11 nitrogen and oxygen atoms in total. The number of ether oxygens (including phenoxy) is 2. The molecule has 1 aliphatic heterocycles. The van der Waals surface area contributed by atoms with Gasteiger partial charge in [-0.25, -0.2) is 5.43 Å². The second-order valence-electron chi connectivity index (χ2n) is 13.3. The highest BCUT2D eigenvalue weighted by molar-refractivity contribution is 7.90. The Bertz CT molecular complexity index is 1380. The number of benzene rings is 1. The molecule has 2 aromatic rings. The minimum Gasteiger partial charge on any atom is -0.598 e. The molecule has 0 spiro atoms. The van der Waals surface area contributed by atoms with Gasteiger partial charge in [-0.1, -0.05) is 51.1 Å². The van der Waals surface area contributed by atoms with Crippen LogP contribution in [0.15, 0.2) is 36.4 Å². The zero-order chi connectivity index (χ0) is 34.2. The van der Waals surface area contributed by atoms with Crippen LogP contribution < -0.4 is 15.5 Å². The van der Waals surface area contributed by atoms with E-state index in [2.05, 4.69) is 15.5 Å². The van der Waals surface area contributed by atoms with Crippen LogP contribution in [0, 0.1) is 11.8 Å². The maximum Gasteiger partial charge on any atom is 0.324 e. The molecule has 1 aromatic carbocycles. The molecule has 0 radical (unpaired) electrons. The Morgan fingerprint density at radius 3 is 2.50 bits per heavy atom. The van der Waals surface area contributed by atoms with E-state index >= 15 is 0 Å². The molecule has 0 aliphatic carbocycles. The molecule has 2 heterocycles. The molecule has 12 heteroatoms. The number of aromatic nitrogens is 1.